The molecule has 1 aromatic carbocycles. The molecule has 0 saturated carbocycles. The average molecular weight is 244 g/mol. The second kappa shape index (κ2) is 6.61. The SMILES string of the molecule is NCc1cccnc1OCCOc1ccccc1. The largest absolute Gasteiger partial charge is 0.490 e. The highest BCUT2D eigenvalue weighted by molar-refractivity contribution is 5.25. The van der Waals surface area contributed by atoms with E-state index < -0.39 is 0 Å². The summed E-state index contributed by atoms with van der Waals surface area (Å²) in [5, 5.41) is 0. The third kappa shape index (κ3) is 3.46. The molecule has 0 fully saturated rings. The maximum absolute atomic E-state index is 5.59. The number of nitrogens with zero attached hydrogens (tertiary/aromatic N) is 1. The lowest BCUT2D eigenvalue weighted by Crippen LogP contribution is -2.11. The first-order valence-corrected chi connectivity index (χ1v) is 5.85. The molecule has 2 N–H and O–H groups in total. The van der Waals surface area contributed by atoms with Crippen LogP contribution in [0.5, 0.6) is 11.6 Å². The number of aromatic nitrogens is 1. The van der Waals surface area contributed by atoms with Gasteiger partial charge >= 0.3 is 0 Å². The summed E-state index contributed by atoms with van der Waals surface area (Å²) in [5.74, 6) is 1.41. The summed E-state index contributed by atoms with van der Waals surface area (Å²) in [4.78, 5) is 4.14. The number of hydrogen-bond acceptors (Lipinski definition) is 4. The van der Waals surface area contributed by atoms with Crippen molar-refractivity contribution in [1.82, 2.24) is 4.98 Å². The summed E-state index contributed by atoms with van der Waals surface area (Å²) in [6.45, 7) is 1.34. The van der Waals surface area contributed by atoms with E-state index >= 15 is 0 Å². The van der Waals surface area contributed by atoms with Gasteiger partial charge in [0.15, 0.2) is 0 Å². The first-order valence-electron chi connectivity index (χ1n) is 5.85. The van der Waals surface area contributed by atoms with Crippen LogP contribution in [0.1, 0.15) is 5.56 Å². The Labute approximate surface area is 106 Å². The van der Waals surface area contributed by atoms with Crippen molar-refractivity contribution >= 4 is 0 Å². The minimum atomic E-state index is 0.419. The van der Waals surface area contributed by atoms with Crippen LogP contribution in [-0.4, -0.2) is 18.2 Å². The zero-order valence-electron chi connectivity index (χ0n) is 10.1. The standard InChI is InChI=1S/C14H16N2O2/c15-11-12-5-4-8-16-14(12)18-10-9-17-13-6-2-1-3-7-13/h1-8H,9-11,15H2. The van der Waals surface area contributed by atoms with Crippen LogP contribution in [0.3, 0.4) is 0 Å². The van der Waals surface area contributed by atoms with Gasteiger partial charge in [0.1, 0.15) is 19.0 Å². The highest BCUT2D eigenvalue weighted by Crippen LogP contribution is 2.13. The molecule has 0 amide bonds. The Morgan fingerprint density at radius 2 is 1.72 bits per heavy atom. The Morgan fingerprint density at radius 1 is 0.944 bits per heavy atom. The van der Waals surface area contributed by atoms with Crippen molar-refractivity contribution in [2.45, 2.75) is 6.54 Å². The predicted octanol–water partition coefficient (Wildman–Crippen LogP) is 2.00. The number of benzene rings is 1. The molecule has 0 spiro atoms. The first-order chi connectivity index (χ1) is 8.90. The summed E-state index contributed by atoms with van der Waals surface area (Å²) in [5.41, 5.74) is 6.49. The summed E-state index contributed by atoms with van der Waals surface area (Å²) in [7, 11) is 0. The number of hydrogen-bond donors (Lipinski definition) is 1. The van der Waals surface area contributed by atoms with Gasteiger partial charge in [0.2, 0.25) is 5.88 Å². The molecule has 1 heterocycles. The maximum Gasteiger partial charge on any atom is 0.217 e. The van der Waals surface area contributed by atoms with E-state index in [1.807, 2.05) is 42.5 Å². The fraction of sp³-hybridized carbons (Fsp3) is 0.214. The van der Waals surface area contributed by atoms with Crippen LogP contribution >= 0.6 is 0 Å². The molecule has 1 aromatic heterocycles. The topological polar surface area (TPSA) is 57.4 Å². The number of nitrogens with two attached hydrogens (primary N) is 1. The zero-order valence-corrected chi connectivity index (χ0v) is 10.1. The third-order valence-electron chi connectivity index (χ3n) is 2.40. The molecular weight excluding hydrogens is 228 g/mol. The van der Waals surface area contributed by atoms with Crippen molar-refractivity contribution in [3.63, 3.8) is 0 Å². The maximum atomic E-state index is 5.59. The molecule has 0 aliphatic rings. The summed E-state index contributed by atoms with van der Waals surface area (Å²) < 4.78 is 11.1. The van der Waals surface area contributed by atoms with Gasteiger partial charge in [-0.05, 0) is 18.2 Å². The van der Waals surface area contributed by atoms with Crippen LogP contribution in [0.25, 0.3) is 0 Å². The van der Waals surface area contributed by atoms with Gasteiger partial charge in [-0.15, -0.1) is 0 Å². The number of rotatable bonds is 6. The van der Waals surface area contributed by atoms with Crippen LogP contribution < -0.4 is 15.2 Å². The number of pyridine rings is 1. The normalized spacial score (nSPS) is 10.1. The van der Waals surface area contributed by atoms with E-state index in [1.165, 1.54) is 0 Å². The smallest absolute Gasteiger partial charge is 0.217 e. The molecule has 94 valence electrons. The highest BCUT2D eigenvalue weighted by atomic mass is 16.5. The zero-order chi connectivity index (χ0) is 12.6. The minimum Gasteiger partial charge on any atom is -0.490 e. The second-order valence-corrected chi connectivity index (χ2v) is 3.68. The fourth-order valence-electron chi connectivity index (χ4n) is 1.52. The fourth-order valence-corrected chi connectivity index (χ4v) is 1.52. The third-order valence-corrected chi connectivity index (χ3v) is 2.40. The van der Waals surface area contributed by atoms with Crippen LogP contribution in [-0.2, 0) is 6.54 Å². The Hall–Kier alpha value is -2.07. The van der Waals surface area contributed by atoms with Gasteiger partial charge in [-0.1, -0.05) is 24.3 Å². The van der Waals surface area contributed by atoms with E-state index in [4.69, 9.17) is 15.2 Å². The Balaban J connectivity index is 1.78. The van der Waals surface area contributed by atoms with E-state index in [9.17, 15) is 0 Å². The monoisotopic (exact) mass is 244 g/mol. The first kappa shape index (κ1) is 12.4. The lowest BCUT2D eigenvalue weighted by Gasteiger charge is -2.09. The van der Waals surface area contributed by atoms with Gasteiger partial charge in [0, 0.05) is 18.3 Å². The van der Waals surface area contributed by atoms with E-state index in [0.29, 0.717) is 25.6 Å². The van der Waals surface area contributed by atoms with Crippen molar-refractivity contribution in [3.8, 4) is 11.6 Å². The molecule has 0 aliphatic carbocycles. The summed E-state index contributed by atoms with van der Waals surface area (Å²) in [6, 6.07) is 13.4. The molecule has 0 unspecified atom stereocenters. The summed E-state index contributed by atoms with van der Waals surface area (Å²) >= 11 is 0. The van der Waals surface area contributed by atoms with E-state index in [-0.39, 0.29) is 0 Å². The molecular formula is C14H16N2O2. The second-order valence-electron chi connectivity index (χ2n) is 3.68. The molecule has 0 bridgehead atoms. The average Bonchev–Trinajstić information content (AvgIpc) is 2.45. The van der Waals surface area contributed by atoms with Gasteiger partial charge < -0.3 is 15.2 Å². The van der Waals surface area contributed by atoms with Crippen molar-refractivity contribution in [2.75, 3.05) is 13.2 Å². The van der Waals surface area contributed by atoms with Gasteiger partial charge in [0.25, 0.3) is 0 Å². The van der Waals surface area contributed by atoms with Gasteiger partial charge in [0.05, 0.1) is 0 Å². The molecule has 0 saturated heterocycles. The number of ether oxygens (including phenoxy) is 2. The van der Waals surface area contributed by atoms with Crippen molar-refractivity contribution in [3.05, 3.63) is 54.2 Å². The molecule has 18 heavy (non-hydrogen) atoms. The quantitative estimate of drug-likeness (QED) is 0.790. The van der Waals surface area contributed by atoms with Crippen LogP contribution in [0.4, 0.5) is 0 Å². The van der Waals surface area contributed by atoms with Crippen LogP contribution in [0.15, 0.2) is 48.7 Å². The molecule has 0 radical (unpaired) electrons. The van der Waals surface area contributed by atoms with E-state index in [0.717, 1.165) is 11.3 Å². The Kier molecular flexibility index (Phi) is 4.55. The van der Waals surface area contributed by atoms with Crippen molar-refractivity contribution in [2.24, 2.45) is 5.73 Å². The lowest BCUT2D eigenvalue weighted by atomic mass is 10.3. The number of para-hydroxylation sites is 1. The Morgan fingerprint density at radius 3 is 2.50 bits per heavy atom. The molecule has 0 atom stereocenters. The highest BCUT2D eigenvalue weighted by Gasteiger charge is 2.02. The summed E-state index contributed by atoms with van der Waals surface area (Å²) in [6.07, 6.45) is 1.69. The molecule has 0 aliphatic heterocycles. The van der Waals surface area contributed by atoms with Crippen molar-refractivity contribution in [1.29, 1.82) is 0 Å². The molecule has 4 heteroatoms. The van der Waals surface area contributed by atoms with E-state index in [1.54, 1.807) is 6.20 Å². The van der Waals surface area contributed by atoms with Crippen LogP contribution in [0, 0.1) is 0 Å². The van der Waals surface area contributed by atoms with Gasteiger partial charge in [-0.3, -0.25) is 0 Å². The van der Waals surface area contributed by atoms with Gasteiger partial charge in [-0.2, -0.15) is 0 Å². The lowest BCUT2D eigenvalue weighted by molar-refractivity contribution is 0.210. The van der Waals surface area contributed by atoms with Gasteiger partial charge in [-0.25, -0.2) is 4.98 Å². The molecule has 4 nitrogen and oxygen atoms in total. The van der Waals surface area contributed by atoms with E-state index in [2.05, 4.69) is 4.98 Å². The molecule has 2 rings (SSSR count). The minimum absolute atomic E-state index is 0.419. The Bertz CT molecular complexity index is 474. The van der Waals surface area contributed by atoms with Crippen LogP contribution in [0.2, 0.25) is 0 Å². The molecule has 2 aromatic rings. The van der Waals surface area contributed by atoms with Crippen molar-refractivity contribution < 1.29 is 9.47 Å². The predicted molar refractivity (Wildman–Crippen MR) is 69.6 cm³/mol.